The van der Waals surface area contributed by atoms with Gasteiger partial charge in [-0.05, 0) is 30.2 Å². The van der Waals surface area contributed by atoms with Gasteiger partial charge < -0.3 is 10.2 Å². The third-order valence-corrected chi connectivity index (χ3v) is 4.89. The van der Waals surface area contributed by atoms with Crippen LogP contribution in [0.2, 0.25) is 0 Å². The Morgan fingerprint density at radius 3 is 2.67 bits per heavy atom. The number of carbonyl (C=O) groups excluding carboxylic acids is 2. The summed E-state index contributed by atoms with van der Waals surface area (Å²) in [6, 6.07) is 13.8. The van der Waals surface area contributed by atoms with Crippen molar-refractivity contribution < 1.29 is 18.8 Å². The molecule has 0 saturated carbocycles. The molecule has 7 heteroatoms. The molecule has 2 aliphatic rings. The van der Waals surface area contributed by atoms with Gasteiger partial charge >= 0.3 is 6.03 Å². The van der Waals surface area contributed by atoms with Crippen molar-refractivity contribution >= 4 is 17.6 Å². The van der Waals surface area contributed by atoms with E-state index in [9.17, 15) is 14.0 Å². The molecule has 2 aromatic rings. The first-order valence-corrected chi connectivity index (χ1v) is 8.80. The number of urea groups is 1. The maximum absolute atomic E-state index is 13.6. The summed E-state index contributed by atoms with van der Waals surface area (Å²) in [5, 5.41) is 4.05. The van der Waals surface area contributed by atoms with Crippen LogP contribution in [0.25, 0.3) is 0 Å². The van der Waals surface area contributed by atoms with Crippen LogP contribution in [0.3, 0.4) is 0 Å². The summed E-state index contributed by atoms with van der Waals surface area (Å²) in [6.07, 6.45) is 0.253. The van der Waals surface area contributed by atoms with E-state index in [0.29, 0.717) is 30.9 Å². The molecule has 1 spiro atoms. The summed E-state index contributed by atoms with van der Waals surface area (Å²) >= 11 is 0. The van der Waals surface area contributed by atoms with Crippen LogP contribution in [0.1, 0.15) is 17.5 Å². The van der Waals surface area contributed by atoms with Crippen LogP contribution < -0.4 is 5.32 Å². The number of carbonyl (C=O) groups is 2. The van der Waals surface area contributed by atoms with Gasteiger partial charge in [0.1, 0.15) is 11.4 Å². The van der Waals surface area contributed by atoms with E-state index in [4.69, 9.17) is 4.84 Å². The molecule has 0 aliphatic carbocycles. The van der Waals surface area contributed by atoms with Gasteiger partial charge in [0.25, 0.3) is 0 Å². The van der Waals surface area contributed by atoms with E-state index in [1.165, 1.54) is 11.1 Å². The molecule has 6 nitrogen and oxygen atoms in total. The molecule has 0 aromatic heterocycles. The molecular weight excluding hydrogens is 349 g/mol. The van der Waals surface area contributed by atoms with Crippen molar-refractivity contribution in [3.8, 4) is 0 Å². The van der Waals surface area contributed by atoms with Crippen LogP contribution in [-0.2, 0) is 16.2 Å². The number of nitrogens with one attached hydrogen (secondary N) is 1. The van der Waals surface area contributed by atoms with E-state index in [-0.39, 0.29) is 24.2 Å². The third kappa shape index (κ3) is 3.50. The number of anilines is 1. The molecule has 0 atom stereocenters. The van der Waals surface area contributed by atoms with Crippen molar-refractivity contribution in [1.82, 2.24) is 9.96 Å². The molecule has 1 N–H and O–H groups in total. The quantitative estimate of drug-likeness (QED) is 0.904. The SMILES string of the molecule is Cc1ccc(NC(=O)N2CC3(CC(=O)N(Cc4ccccc4)O3)C2)cc1F. The Kier molecular flexibility index (Phi) is 4.31. The number of halogens is 1. The summed E-state index contributed by atoms with van der Waals surface area (Å²) in [6.45, 7) is 2.69. The molecule has 2 fully saturated rings. The Morgan fingerprint density at radius 1 is 1.22 bits per heavy atom. The number of likely N-dealkylation sites (tertiary alicyclic amines) is 1. The number of hydrogen-bond donors (Lipinski definition) is 1. The lowest BCUT2D eigenvalue weighted by Gasteiger charge is -2.45. The third-order valence-electron chi connectivity index (χ3n) is 4.89. The van der Waals surface area contributed by atoms with Gasteiger partial charge in [0.05, 0.1) is 26.1 Å². The highest BCUT2D eigenvalue weighted by molar-refractivity contribution is 5.90. The van der Waals surface area contributed by atoms with Crippen molar-refractivity contribution in [2.45, 2.75) is 25.5 Å². The number of amides is 3. The van der Waals surface area contributed by atoms with E-state index < -0.39 is 5.60 Å². The topological polar surface area (TPSA) is 61.9 Å². The highest BCUT2D eigenvalue weighted by Gasteiger charge is 2.54. The van der Waals surface area contributed by atoms with Crippen molar-refractivity contribution in [3.63, 3.8) is 0 Å². The van der Waals surface area contributed by atoms with Crippen molar-refractivity contribution in [2.75, 3.05) is 18.4 Å². The summed E-state index contributed by atoms with van der Waals surface area (Å²) in [4.78, 5) is 32.0. The molecule has 27 heavy (non-hydrogen) atoms. The highest BCUT2D eigenvalue weighted by Crippen LogP contribution is 2.36. The predicted octanol–water partition coefficient (Wildman–Crippen LogP) is 3.08. The first kappa shape index (κ1) is 17.5. The minimum Gasteiger partial charge on any atom is -0.318 e. The first-order valence-electron chi connectivity index (χ1n) is 8.80. The maximum atomic E-state index is 13.6. The normalized spacial score (nSPS) is 17.9. The molecular formula is C20H20FN3O3. The fourth-order valence-electron chi connectivity index (χ4n) is 3.39. The minimum atomic E-state index is -0.651. The Morgan fingerprint density at radius 2 is 1.96 bits per heavy atom. The van der Waals surface area contributed by atoms with Crippen molar-refractivity contribution in [3.05, 3.63) is 65.5 Å². The van der Waals surface area contributed by atoms with Gasteiger partial charge in [0, 0.05) is 5.69 Å². The van der Waals surface area contributed by atoms with Crippen LogP contribution >= 0.6 is 0 Å². The molecule has 2 saturated heterocycles. The number of nitrogens with zero attached hydrogens (tertiary/aromatic N) is 2. The number of hydroxylamine groups is 2. The predicted molar refractivity (Wildman–Crippen MR) is 97.2 cm³/mol. The van der Waals surface area contributed by atoms with Gasteiger partial charge in [-0.2, -0.15) is 0 Å². The smallest absolute Gasteiger partial charge is 0.318 e. The summed E-state index contributed by atoms with van der Waals surface area (Å²) in [5.41, 5.74) is 1.26. The summed E-state index contributed by atoms with van der Waals surface area (Å²) in [5.74, 6) is -0.450. The molecule has 2 aromatic carbocycles. The Labute approximate surface area is 156 Å². The van der Waals surface area contributed by atoms with Crippen molar-refractivity contribution in [2.24, 2.45) is 0 Å². The van der Waals surface area contributed by atoms with E-state index in [1.54, 1.807) is 24.0 Å². The lowest BCUT2D eigenvalue weighted by atomic mass is 9.91. The number of hydrogen-bond acceptors (Lipinski definition) is 3. The van der Waals surface area contributed by atoms with Crippen LogP contribution in [-0.4, -0.2) is 40.6 Å². The first-order chi connectivity index (χ1) is 12.9. The van der Waals surface area contributed by atoms with E-state index in [1.807, 2.05) is 30.3 Å². The van der Waals surface area contributed by atoms with Crippen LogP contribution in [0, 0.1) is 12.7 Å². The zero-order valence-corrected chi connectivity index (χ0v) is 14.9. The average molecular weight is 369 g/mol. The van der Waals surface area contributed by atoms with E-state index in [2.05, 4.69) is 5.32 Å². The van der Waals surface area contributed by atoms with Crippen LogP contribution in [0.5, 0.6) is 0 Å². The van der Waals surface area contributed by atoms with Gasteiger partial charge in [0.2, 0.25) is 5.91 Å². The second-order valence-electron chi connectivity index (χ2n) is 7.12. The number of rotatable bonds is 3. The molecule has 2 aliphatic heterocycles. The molecule has 4 rings (SSSR count). The monoisotopic (exact) mass is 369 g/mol. The lowest BCUT2D eigenvalue weighted by Crippen LogP contribution is -2.64. The molecule has 0 unspecified atom stereocenters. The Balaban J connectivity index is 1.33. The minimum absolute atomic E-state index is 0.0838. The Bertz CT molecular complexity index is 881. The average Bonchev–Trinajstić information content (AvgIpc) is 2.94. The molecule has 140 valence electrons. The van der Waals surface area contributed by atoms with Gasteiger partial charge in [-0.25, -0.2) is 14.2 Å². The Hall–Kier alpha value is -2.93. The summed E-state index contributed by atoms with van der Waals surface area (Å²) < 4.78 is 13.6. The second kappa shape index (κ2) is 6.66. The second-order valence-corrected chi connectivity index (χ2v) is 7.12. The number of benzene rings is 2. The molecule has 2 heterocycles. The van der Waals surface area contributed by atoms with Crippen LogP contribution in [0.15, 0.2) is 48.5 Å². The van der Waals surface area contributed by atoms with Crippen LogP contribution in [0.4, 0.5) is 14.9 Å². The fourth-order valence-corrected chi connectivity index (χ4v) is 3.39. The fraction of sp³-hybridized carbons (Fsp3) is 0.300. The van der Waals surface area contributed by atoms with Gasteiger partial charge in [-0.3, -0.25) is 9.63 Å². The van der Waals surface area contributed by atoms with Gasteiger partial charge in [-0.1, -0.05) is 36.4 Å². The van der Waals surface area contributed by atoms with E-state index in [0.717, 1.165) is 5.56 Å². The zero-order chi connectivity index (χ0) is 19.0. The molecule has 3 amide bonds. The lowest BCUT2D eigenvalue weighted by molar-refractivity contribution is -0.232. The van der Waals surface area contributed by atoms with Gasteiger partial charge in [0.15, 0.2) is 0 Å². The van der Waals surface area contributed by atoms with E-state index >= 15 is 0 Å². The summed E-state index contributed by atoms with van der Waals surface area (Å²) in [7, 11) is 0. The number of aryl methyl sites for hydroxylation is 1. The largest absolute Gasteiger partial charge is 0.322 e. The highest BCUT2D eigenvalue weighted by atomic mass is 19.1. The van der Waals surface area contributed by atoms with Gasteiger partial charge in [-0.15, -0.1) is 0 Å². The standard InChI is InChI=1S/C20H20FN3O3/c1-14-7-8-16(9-17(14)21)22-19(26)23-12-20(13-23)10-18(25)24(27-20)11-15-5-3-2-4-6-15/h2-9H,10-13H2,1H3,(H,22,26). The molecule has 0 radical (unpaired) electrons. The van der Waals surface area contributed by atoms with Crippen molar-refractivity contribution in [1.29, 1.82) is 0 Å². The maximum Gasteiger partial charge on any atom is 0.322 e. The molecule has 0 bridgehead atoms. The zero-order valence-electron chi connectivity index (χ0n) is 14.9.